The van der Waals surface area contributed by atoms with Crippen LogP contribution in [0.3, 0.4) is 0 Å². The number of nitrogens with zero attached hydrogens (tertiary/aromatic N) is 1. The summed E-state index contributed by atoms with van der Waals surface area (Å²) in [5.41, 5.74) is 0.658. The van der Waals surface area contributed by atoms with Crippen LogP contribution in [0, 0.1) is 11.7 Å². The van der Waals surface area contributed by atoms with Crippen LogP contribution in [-0.2, 0) is 4.79 Å². The first-order valence-electron chi connectivity index (χ1n) is 7.20. The van der Waals surface area contributed by atoms with Gasteiger partial charge in [-0.2, -0.15) is 0 Å². The molecule has 24 heavy (non-hydrogen) atoms. The van der Waals surface area contributed by atoms with Crippen molar-refractivity contribution in [1.82, 2.24) is 15.6 Å². The minimum absolute atomic E-state index is 0.258. The fraction of sp³-hybridized carbons (Fsp3) is 0.400. The van der Waals surface area contributed by atoms with E-state index in [0.29, 0.717) is 15.2 Å². The molecule has 0 saturated heterocycles. The Morgan fingerprint density at radius 3 is 2.62 bits per heavy atom. The second-order valence-electron chi connectivity index (χ2n) is 5.66. The monoisotopic (exact) mass is 465 g/mol. The van der Waals surface area contributed by atoms with Gasteiger partial charge in [-0.25, -0.2) is 14.2 Å². The van der Waals surface area contributed by atoms with Gasteiger partial charge in [0.1, 0.15) is 10.8 Å². The zero-order chi connectivity index (χ0) is 18.1. The highest BCUT2D eigenvalue weighted by Gasteiger charge is 2.41. The maximum Gasteiger partial charge on any atom is 0.406 e. The molecule has 0 aliphatic heterocycles. The van der Waals surface area contributed by atoms with Gasteiger partial charge in [0.25, 0.3) is 5.91 Å². The van der Waals surface area contributed by atoms with Crippen LogP contribution in [0.4, 0.5) is 9.18 Å². The number of carboxylic acid groups (broad SMARTS) is 1. The maximum atomic E-state index is 13.3. The molecule has 0 saturated carbocycles. The SMILES string of the molecule is CC(C)[C@@](I)(NC(=O)O)C(=O)N[C@H](C)c1nc2ccc(F)cc2s1. The van der Waals surface area contributed by atoms with E-state index in [4.69, 9.17) is 5.11 Å². The Labute approximate surface area is 156 Å². The van der Waals surface area contributed by atoms with E-state index in [0.717, 1.165) is 0 Å². The minimum Gasteiger partial charge on any atom is -0.465 e. The molecule has 3 N–H and O–H groups in total. The molecule has 2 atom stereocenters. The molecule has 9 heteroatoms. The Kier molecular flexibility index (Phi) is 5.63. The zero-order valence-electron chi connectivity index (χ0n) is 13.3. The summed E-state index contributed by atoms with van der Waals surface area (Å²) in [5.74, 6) is -1.05. The van der Waals surface area contributed by atoms with Gasteiger partial charge in [-0.1, -0.05) is 13.8 Å². The topological polar surface area (TPSA) is 91.3 Å². The van der Waals surface area contributed by atoms with Crippen molar-refractivity contribution >= 4 is 56.1 Å². The molecule has 6 nitrogen and oxygen atoms in total. The minimum atomic E-state index is -1.29. The summed E-state index contributed by atoms with van der Waals surface area (Å²) < 4.78 is 12.7. The summed E-state index contributed by atoms with van der Waals surface area (Å²) in [7, 11) is 0. The average molecular weight is 465 g/mol. The standard InChI is InChI=1S/C15H17FIN3O3S/c1-7(2)15(17,20-14(22)23)13(21)18-8(3)12-19-10-5-4-9(16)6-11(10)24-12/h4-8,20H,1-3H3,(H,18,21)(H,22,23)/t8-,15-/m1/s1. The third-order valence-electron chi connectivity index (χ3n) is 3.50. The highest BCUT2D eigenvalue weighted by Crippen LogP contribution is 2.30. The van der Waals surface area contributed by atoms with Crippen LogP contribution in [0.5, 0.6) is 0 Å². The van der Waals surface area contributed by atoms with Gasteiger partial charge in [0, 0.05) is 0 Å². The lowest BCUT2D eigenvalue weighted by Crippen LogP contribution is -2.57. The van der Waals surface area contributed by atoms with E-state index in [-0.39, 0.29) is 11.7 Å². The number of hydrogen-bond acceptors (Lipinski definition) is 4. The molecular weight excluding hydrogens is 448 g/mol. The van der Waals surface area contributed by atoms with Crippen molar-refractivity contribution in [2.24, 2.45) is 5.92 Å². The van der Waals surface area contributed by atoms with E-state index in [1.54, 1.807) is 49.4 Å². The van der Waals surface area contributed by atoms with Crippen molar-refractivity contribution in [1.29, 1.82) is 0 Å². The van der Waals surface area contributed by atoms with Crippen molar-refractivity contribution < 1.29 is 19.1 Å². The van der Waals surface area contributed by atoms with Gasteiger partial charge >= 0.3 is 6.09 Å². The molecule has 0 fully saturated rings. The third-order valence-corrected chi connectivity index (χ3v) is 6.71. The summed E-state index contributed by atoms with van der Waals surface area (Å²) in [6.07, 6.45) is -1.27. The molecule has 1 aromatic heterocycles. The fourth-order valence-corrected chi connectivity index (χ4v) is 3.46. The lowest BCUT2D eigenvalue weighted by molar-refractivity contribution is -0.125. The average Bonchev–Trinajstić information content (AvgIpc) is 2.89. The maximum absolute atomic E-state index is 13.3. The molecule has 1 aromatic carbocycles. The molecule has 0 aliphatic carbocycles. The van der Waals surface area contributed by atoms with Crippen LogP contribution in [0.1, 0.15) is 31.8 Å². The lowest BCUT2D eigenvalue weighted by Gasteiger charge is -2.31. The summed E-state index contributed by atoms with van der Waals surface area (Å²) in [5, 5.41) is 14.7. The molecule has 0 spiro atoms. The number of fused-ring (bicyclic) bond motifs is 1. The number of thiazole rings is 1. The molecule has 0 bridgehead atoms. The number of rotatable bonds is 5. The van der Waals surface area contributed by atoms with E-state index in [1.807, 2.05) is 0 Å². The van der Waals surface area contributed by atoms with E-state index < -0.39 is 21.6 Å². The normalized spacial score (nSPS) is 15.1. The van der Waals surface area contributed by atoms with Crippen molar-refractivity contribution in [3.8, 4) is 0 Å². The van der Waals surface area contributed by atoms with Gasteiger partial charge in [0.15, 0.2) is 3.55 Å². The first kappa shape index (κ1) is 18.8. The second-order valence-corrected chi connectivity index (χ2v) is 8.42. The van der Waals surface area contributed by atoms with Crippen LogP contribution in [0.25, 0.3) is 10.2 Å². The number of halogens is 2. The number of amides is 2. The van der Waals surface area contributed by atoms with Crippen molar-refractivity contribution in [2.75, 3.05) is 0 Å². The molecular formula is C15H17FIN3O3S. The highest BCUT2D eigenvalue weighted by molar-refractivity contribution is 14.1. The quantitative estimate of drug-likeness (QED) is 0.357. The van der Waals surface area contributed by atoms with Crippen LogP contribution < -0.4 is 10.6 Å². The number of hydrogen-bond donors (Lipinski definition) is 3. The predicted molar refractivity (Wildman–Crippen MR) is 98.9 cm³/mol. The number of carbonyl (C=O) groups excluding carboxylic acids is 1. The van der Waals surface area contributed by atoms with Gasteiger partial charge < -0.3 is 10.4 Å². The molecule has 0 aliphatic rings. The Hall–Kier alpha value is -1.49. The van der Waals surface area contributed by atoms with Gasteiger partial charge in [-0.05, 0) is 53.6 Å². The first-order valence-corrected chi connectivity index (χ1v) is 9.10. The third kappa shape index (κ3) is 3.94. The molecule has 0 radical (unpaired) electrons. The fourth-order valence-electron chi connectivity index (χ4n) is 2.08. The Balaban J connectivity index is 2.21. The first-order chi connectivity index (χ1) is 11.1. The van der Waals surface area contributed by atoms with Gasteiger partial charge in [-0.3, -0.25) is 10.1 Å². The van der Waals surface area contributed by atoms with Crippen molar-refractivity contribution in [3.05, 3.63) is 29.0 Å². The molecule has 130 valence electrons. The largest absolute Gasteiger partial charge is 0.465 e. The van der Waals surface area contributed by atoms with E-state index in [2.05, 4.69) is 15.6 Å². The number of alkyl halides is 1. The van der Waals surface area contributed by atoms with E-state index in [1.165, 1.54) is 23.5 Å². The lowest BCUT2D eigenvalue weighted by atomic mass is 10.0. The number of nitrogens with one attached hydrogen (secondary N) is 2. The molecule has 0 unspecified atom stereocenters. The van der Waals surface area contributed by atoms with Gasteiger partial charge in [0.2, 0.25) is 0 Å². The van der Waals surface area contributed by atoms with Gasteiger partial charge in [-0.15, -0.1) is 11.3 Å². The summed E-state index contributed by atoms with van der Waals surface area (Å²) in [6.45, 7) is 5.27. The molecule has 2 rings (SSSR count). The van der Waals surface area contributed by atoms with E-state index >= 15 is 0 Å². The Morgan fingerprint density at radius 1 is 1.38 bits per heavy atom. The molecule has 2 amide bonds. The number of benzene rings is 1. The predicted octanol–water partition coefficient (Wildman–Crippen LogP) is 3.67. The van der Waals surface area contributed by atoms with Crippen molar-refractivity contribution in [3.63, 3.8) is 0 Å². The van der Waals surface area contributed by atoms with Crippen LogP contribution in [0.2, 0.25) is 0 Å². The zero-order valence-corrected chi connectivity index (χ0v) is 16.2. The summed E-state index contributed by atoms with van der Waals surface area (Å²) >= 11 is 3.10. The summed E-state index contributed by atoms with van der Waals surface area (Å²) in [4.78, 5) is 27.9. The van der Waals surface area contributed by atoms with Crippen LogP contribution in [0.15, 0.2) is 18.2 Å². The number of aromatic nitrogens is 1. The van der Waals surface area contributed by atoms with Crippen LogP contribution in [-0.4, -0.2) is 25.6 Å². The van der Waals surface area contributed by atoms with E-state index in [9.17, 15) is 14.0 Å². The number of carbonyl (C=O) groups is 2. The molecule has 1 heterocycles. The van der Waals surface area contributed by atoms with Gasteiger partial charge in [0.05, 0.1) is 16.3 Å². The Morgan fingerprint density at radius 2 is 2.04 bits per heavy atom. The Bertz CT molecular complexity index is 782. The highest BCUT2D eigenvalue weighted by atomic mass is 127. The van der Waals surface area contributed by atoms with Crippen molar-refractivity contribution in [2.45, 2.75) is 30.4 Å². The smallest absolute Gasteiger partial charge is 0.406 e. The second kappa shape index (κ2) is 7.18. The van der Waals surface area contributed by atoms with Crippen LogP contribution >= 0.6 is 33.9 Å². The summed E-state index contributed by atoms with van der Waals surface area (Å²) in [6, 6.07) is 3.89. The molecule has 2 aromatic rings.